The number of anilines is 1. The molecule has 6 heteroatoms. The molecule has 0 spiro atoms. The number of likely N-dealkylation sites (tertiary alicyclic amines) is 1. The first-order valence-corrected chi connectivity index (χ1v) is 7.11. The van der Waals surface area contributed by atoms with Gasteiger partial charge < -0.3 is 15.4 Å². The Morgan fingerprint density at radius 1 is 1.40 bits per heavy atom. The molecule has 1 aromatic rings. The van der Waals surface area contributed by atoms with Crippen LogP contribution in [0.25, 0.3) is 0 Å². The largest absolute Gasteiger partial charge is 0.396 e. The topological polar surface area (TPSA) is 81.3 Å². The summed E-state index contributed by atoms with van der Waals surface area (Å²) in [6.45, 7) is 5.26. The van der Waals surface area contributed by atoms with Crippen molar-refractivity contribution in [3.63, 3.8) is 0 Å². The van der Waals surface area contributed by atoms with Crippen LogP contribution in [0.1, 0.15) is 48.9 Å². The van der Waals surface area contributed by atoms with Gasteiger partial charge in [0.25, 0.3) is 5.91 Å². The summed E-state index contributed by atoms with van der Waals surface area (Å²) in [5.41, 5.74) is 6.55. The Balaban J connectivity index is 1.85. The van der Waals surface area contributed by atoms with Gasteiger partial charge in [-0.15, -0.1) is 0 Å². The van der Waals surface area contributed by atoms with Gasteiger partial charge in [-0.2, -0.15) is 0 Å². The third kappa shape index (κ3) is 2.35. The van der Waals surface area contributed by atoms with Crippen LogP contribution in [-0.4, -0.2) is 46.1 Å². The summed E-state index contributed by atoms with van der Waals surface area (Å²) in [5, 5.41) is 0. The smallest absolute Gasteiger partial charge is 0.274 e. The van der Waals surface area contributed by atoms with Crippen LogP contribution in [0.5, 0.6) is 0 Å². The highest BCUT2D eigenvalue weighted by molar-refractivity contribution is 5.97. The van der Waals surface area contributed by atoms with Crippen molar-refractivity contribution in [1.29, 1.82) is 0 Å². The SMILES string of the molecule is CC(C)c1ncc(N)c(C(=O)N2CC3CCC(C2)O3)n1. The highest BCUT2D eigenvalue weighted by Gasteiger charge is 2.36. The minimum absolute atomic E-state index is 0.105. The Bertz CT molecular complexity index is 520. The molecule has 1 amide bonds. The Hall–Kier alpha value is -1.69. The summed E-state index contributed by atoms with van der Waals surface area (Å²) in [5.74, 6) is 0.716. The molecule has 108 valence electrons. The average molecular weight is 276 g/mol. The van der Waals surface area contributed by atoms with Gasteiger partial charge in [-0.1, -0.05) is 13.8 Å². The van der Waals surface area contributed by atoms with E-state index in [1.54, 1.807) is 0 Å². The number of aromatic nitrogens is 2. The molecule has 2 fully saturated rings. The molecule has 6 nitrogen and oxygen atoms in total. The number of carbonyl (C=O) groups is 1. The average Bonchev–Trinajstić information content (AvgIpc) is 2.77. The van der Waals surface area contributed by atoms with Crippen LogP contribution >= 0.6 is 0 Å². The molecule has 2 bridgehead atoms. The predicted octanol–water partition coefficient (Wildman–Crippen LogP) is 1.19. The fourth-order valence-corrected chi connectivity index (χ4v) is 2.78. The number of ether oxygens (including phenoxy) is 1. The lowest BCUT2D eigenvalue weighted by Crippen LogP contribution is -2.46. The van der Waals surface area contributed by atoms with Gasteiger partial charge in [0.15, 0.2) is 5.69 Å². The second kappa shape index (κ2) is 5.01. The van der Waals surface area contributed by atoms with Crippen LogP contribution in [0.2, 0.25) is 0 Å². The summed E-state index contributed by atoms with van der Waals surface area (Å²) in [6, 6.07) is 0. The Morgan fingerprint density at radius 2 is 2.05 bits per heavy atom. The van der Waals surface area contributed by atoms with Crippen molar-refractivity contribution in [2.24, 2.45) is 0 Å². The molecule has 0 radical (unpaired) electrons. The summed E-state index contributed by atoms with van der Waals surface area (Å²) >= 11 is 0. The normalized spacial score (nSPS) is 25.2. The molecule has 2 aliphatic rings. The van der Waals surface area contributed by atoms with Crippen molar-refractivity contribution >= 4 is 11.6 Å². The number of carbonyl (C=O) groups excluding carboxylic acids is 1. The maximum absolute atomic E-state index is 12.6. The van der Waals surface area contributed by atoms with Crippen molar-refractivity contribution in [3.8, 4) is 0 Å². The third-order valence-electron chi connectivity index (χ3n) is 3.89. The lowest BCUT2D eigenvalue weighted by Gasteiger charge is -2.32. The fourth-order valence-electron chi connectivity index (χ4n) is 2.78. The summed E-state index contributed by atoms with van der Waals surface area (Å²) < 4.78 is 5.75. The zero-order valence-corrected chi connectivity index (χ0v) is 11.9. The first kappa shape index (κ1) is 13.3. The molecule has 2 saturated heterocycles. The minimum atomic E-state index is -0.105. The number of fused-ring (bicyclic) bond motifs is 2. The zero-order chi connectivity index (χ0) is 14.3. The van der Waals surface area contributed by atoms with E-state index in [9.17, 15) is 4.79 Å². The minimum Gasteiger partial charge on any atom is -0.396 e. The van der Waals surface area contributed by atoms with E-state index in [1.807, 2.05) is 18.7 Å². The van der Waals surface area contributed by atoms with Gasteiger partial charge >= 0.3 is 0 Å². The zero-order valence-electron chi connectivity index (χ0n) is 11.9. The number of nitrogen functional groups attached to an aromatic ring is 1. The number of morpholine rings is 1. The lowest BCUT2D eigenvalue weighted by molar-refractivity contribution is -0.0305. The van der Waals surface area contributed by atoms with Crippen LogP contribution in [0, 0.1) is 0 Å². The molecule has 0 aliphatic carbocycles. The molecular weight excluding hydrogens is 256 g/mol. The van der Waals surface area contributed by atoms with Gasteiger partial charge in [-0.3, -0.25) is 4.79 Å². The highest BCUT2D eigenvalue weighted by atomic mass is 16.5. The van der Waals surface area contributed by atoms with E-state index in [0.717, 1.165) is 12.8 Å². The van der Waals surface area contributed by atoms with Crippen molar-refractivity contribution < 1.29 is 9.53 Å². The van der Waals surface area contributed by atoms with Gasteiger partial charge in [0.1, 0.15) is 5.82 Å². The maximum Gasteiger partial charge on any atom is 0.274 e. The molecule has 20 heavy (non-hydrogen) atoms. The third-order valence-corrected chi connectivity index (χ3v) is 3.89. The number of amides is 1. The molecule has 2 atom stereocenters. The van der Waals surface area contributed by atoms with Gasteiger partial charge in [-0.05, 0) is 12.8 Å². The van der Waals surface area contributed by atoms with Gasteiger partial charge in [-0.25, -0.2) is 9.97 Å². The highest BCUT2D eigenvalue weighted by Crippen LogP contribution is 2.27. The van der Waals surface area contributed by atoms with Crippen LogP contribution in [-0.2, 0) is 4.74 Å². The standard InChI is InChI=1S/C14H20N4O2/c1-8(2)13-16-5-11(15)12(17-13)14(19)18-6-9-3-4-10(7-18)20-9/h5,8-10H,3-4,6-7,15H2,1-2H3. The first-order chi connectivity index (χ1) is 9.54. The molecule has 0 aromatic carbocycles. The fraction of sp³-hybridized carbons (Fsp3) is 0.643. The van der Waals surface area contributed by atoms with Gasteiger partial charge in [0.2, 0.25) is 0 Å². The van der Waals surface area contributed by atoms with Crippen molar-refractivity contribution in [1.82, 2.24) is 14.9 Å². The number of hydrogen-bond donors (Lipinski definition) is 1. The molecule has 2 N–H and O–H groups in total. The predicted molar refractivity (Wildman–Crippen MR) is 74.3 cm³/mol. The maximum atomic E-state index is 12.6. The number of rotatable bonds is 2. The molecule has 2 aliphatic heterocycles. The monoisotopic (exact) mass is 276 g/mol. The quantitative estimate of drug-likeness (QED) is 0.877. The van der Waals surface area contributed by atoms with Crippen molar-refractivity contribution in [2.75, 3.05) is 18.8 Å². The summed E-state index contributed by atoms with van der Waals surface area (Å²) in [6.07, 6.45) is 3.94. The second-order valence-corrected chi connectivity index (χ2v) is 5.85. The molecule has 3 rings (SSSR count). The molecular formula is C14H20N4O2. The van der Waals surface area contributed by atoms with Gasteiger partial charge in [0.05, 0.1) is 24.1 Å². The van der Waals surface area contributed by atoms with Crippen LogP contribution in [0.4, 0.5) is 5.69 Å². The van der Waals surface area contributed by atoms with E-state index in [2.05, 4.69) is 9.97 Å². The number of nitrogens with zero attached hydrogens (tertiary/aromatic N) is 3. The van der Waals surface area contributed by atoms with Crippen LogP contribution in [0.15, 0.2) is 6.20 Å². The molecule has 1 aromatic heterocycles. The van der Waals surface area contributed by atoms with E-state index < -0.39 is 0 Å². The Morgan fingerprint density at radius 3 is 2.65 bits per heavy atom. The molecule has 3 heterocycles. The van der Waals surface area contributed by atoms with Crippen LogP contribution in [0.3, 0.4) is 0 Å². The number of nitrogens with two attached hydrogens (primary N) is 1. The van der Waals surface area contributed by atoms with E-state index in [-0.39, 0.29) is 24.0 Å². The van der Waals surface area contributed by atoms with Crippen molar-refractivity contribution in [2.45, 2.75) is 44.8 Å². The Labute approximate surface area is 118 Å². The molecule has 0 saturated carbocycles. The molecule has 2 unspecified atom stereocenters. The van der Waals surface area contributed by atoms with Crippen molar-refractivity contribution in [3.05, 3.63) is 17.7 Å². The second-order valence-electron chi connectivity index (χ2n) is 5.85. The summed E-state index contributed by atoms with van der Waals surface area (Å²) in [4.78, 5) is 23.0. The van der Waals surface area contributed by atoms with E-state index in [0.29, 0.717) is 30.3 Å². The Kier molecular flexibility index (Phi) is 3.33. The van der Waals surface area contributed by atoms with E-state index >= 15 is 0 Å². The van der Waals surface area contributed by atoms with Gasteiger partial charge in [0, 0.05) is 19.0 Å². The van der Waals surface area contributed by atoms with E-state index in [1.165, 1.54) is 6.20 Å². The van der Waals surface area contributed by atoms with Crippen LogP contribution < -0.4 is 5.73 Å². The number of hydrogen-bond acceptors (Lipinski definition) is 5. The first-order valence-electron chi connectivity index (χ1n) is 7.11. The van der Waals surface area contributed by atoms with E-state index in [4.69, 9.17) is 10.5 Å². The summed E-state index contributed by atoms with van der Waals surface area (Å²) in [7, 11) is 0. The lowest BCUT2D eigenvalue weighted by atomic mass is 10.2.